The van der Waals surface area contributed by atoms with Gasteiger partial charge in [0, 0.05) is 40.0 Å². The van der Waals surface area contributed by atoms with E-state index < -0.39 is 11.9 Å². The molecule has 0 aliphatic heterocycles. The second-order valence-electron chi connectivity index (χ2n) is 13.3. The largest absolute Gasteiger partial charge is 0.339 e. The Kier molecular flexibility index (Phi) is 9.65. The van der Waals surface area contributed by atoms with Crippen LogP contribution in [0.15, 0.2) is 60.0 Å². The molecule has 8 heteroatoms. The molecule has 2 atom stereocenters. The van der Waals surface area contributed by atoms with Crippen LogP contribution in [-0.4, -0.2) is 27.8 Å². The van der Waals surface area contributed by atoms with Gasteiger partial charge in [-0.15, -0.1) is 16.2 Å². The van der Waals surface area contributed by atoms with Gasteiger partial charge in [0.05, 0.1) is 4.88 Å². The van der Waals surface area contributed by atoms with E-state index in [-0.39, 0.29) is 17.7 Å². The maximum atomic E-state index is 12.9. The molecule has 1 aromatic carbocycles. The van der Waals surface area contributed by atoms with Crippen molar-refractivity contribution in [3.63, 3.8) is 0 Å². The Bertz CT molecular complexity index is 1460. The lowest BCUT2D eigenvalue weighted by Gasteiger charge is -2.34. The first-order valence-corrected chi connectivity index (χ1v) is 16.3. The van der Waals surface area contributed by atoms with Gasteiger partial charge in [-0.25, -0.2) is 9.97 Å². The van der Waals surface area contributed by atoms with E-state index in [1.54, 1.807) is 6.07 Å². The van der Waals surface area contributed by atoms with E-state index in [4.69, 9.17) is 0 Å². The van der Waals surface area contributed by atoms with Crippen LogP contribution in [0.4, 0.5) is 0 Å². The summed E-state index contributed by atoms with van der Waals surface area (Å²) in [4.78, 5) is 47.1. The predicted molar refractivity (Wildman–Crippen MR) is 173 cm³/mol. The third-order valence-corrected chi connectivity index (χ3v) is 10.6. The van der Waals surface area contributed by atoms with Crippen molar-refractivity contribution < 1.29 is 9.59 Å². The number of aromatic nitrogens is 2. The predicted octanol–water partition coefficient (Wildman–Crippen LogP) is 8.15. The first-order valence-electron chi connectivity index (χ1n) is 15.5. The number of thiophene rings is 1. The third-order valence-electron chi connectivity index (χ3n) is 9.12. The van der Waals surface area contributed by atoms with Gasteiger partial charge in [0.25, 0.3) is 5.91 Å². The summed E-state index contributed by atoms with van der Waals surface area (Å²) in [6.07, 6.45) is 15.4. The number of hydrogen-bond donors (Lipinski definition) is 1. The highest BCUT2D eigenvalue weighted by Crippen LogP contribution is 2.41. The third kappa shape index (κ3) is 7.71. The second kappa shape index (κ2) is 13.4. The van der Waals surface area contributed by atoms with Gasteiger partial charge in [-0.2, -0.15) is 0 Å². The number of allylic oxidation sites excluding steroid dienone is 2. The van der Waals surface area contributed by atoms with Gasteiger partial charge in [0.15, 0.2) is 5.82 Å². The van der Waals surface area contributed by atoms with E-state index in [1.165, 1.54) is 49.0 Å². The maximum absolute atomic E-state index is 12.9. The summed E-state index contributed by atoms with van der Waals surface area (Å²) in [6, 6.07) is 10.1. The van der Waals surface area contributed by atoms with Gasteiger partial charge in [-0.3, -0.25) is 9.59 Å². The lowest BCUT2D eigenvalue weighted by atomic mass is 9.71. The Morgan fingerprint density at radius 2 is 1.65 bits per heavy atom. The van der Waals surface area contributed by atoms with Crippen molar-refractivity contribution in [2.75, 3.05) is 0 Å². The van der Waals surface area contributed by atoms with E-state index in [0.29, 0.717) is 10.7 Å². The number of carbonyl (C=O) groups excluding carboxylic acids is 2. The molecule has 2 heterocycles. The fourth-order valence-corrected chi connectivity index (χ4v) is 7.29. The molecule has 0 spiro atoms. The van der Waals surface area contributed by atoms with Crippen molar-refractivity contribution in [2.24, 2.45) is 22.9 Å². The van der Waals surface area contributed by atoms with Crippen LogP contribution in [-0.2, 0) is 16.6 Å². The summed E-state index contributed by atoms with van der Waals surface area (Å²) in [5.74, 6) is 1.93. The molecule has 2 aliphatic rings. The average molecular weight is 599 g/mol. The number of carbonyl (C=O) groups is 2. The second-order valence-corrected chi connectivity index (χ2v) is 14.4. The van der Waals surface area contributed by atoms with E-state index in [1.807, 2.05) is 42.7 Å². The van der Waals surface area contributed by atoms with Crippen molar-refractivity contribution in [1.29, 1.82) is 0 Å². The SMILES string of the molecule is CC1CCC(C2CC=C(c3cnc(-c4ccc(C[C@H](NC(=O)c5ccc(C(C)(C)C)s5)C(=O)N=O)cc4)nc3)CC2)CC1. The number of nitrogens with one attached hydrogen (secondary N) is 1. The van der Waals surface area contributed by atoms with Crippen molar-refractivity contribution >= 4 is 28.7 Å². The molecular weight excluding hydrogens is 556 g/mol. The molecule has 1 fully saturated rings. The molecule has 1 saturated carbocycles. The minimum Gasteiger partial charge on any atom is -0.339 e. The quantitative estimate of drug-likeness (QED) is 0.264. The number of nitroso groups, excluding NO2 is 1. The standard InChI is InChI=1S/C35H42N4O3S/c1-22-5-9-24(10-6-22)25-13-15-26(16-14-25)28-20-36-32(37-21-28)27-11-7-23(8-12-27)19-29(33(40)39-42)38-34(41)30-17-18-31(43-30)35(2,3)4/h7-8,11-12,15,17-18,20-22,24-25,29H,5-6,9-10,13-14,16,19H2,1-4H3,(H,38,41)/t22?,24?,25?,29-/m0/s1. The average Bonchev–Trinajstić information content (AvgIpc) is 3.53. The highest BCUT2D eigenvalue weighted by molar-refractivity contribution is 7.14. The van der Waals surface area contributed by atoms with Crippen LogP contribution in [0.1, 0.15) is 98.3 Å². The van der Waals surface area contributed by atoms with Crippen LogP contribution in [0.25, 0.3) is 17.0 Å². The van der Waals surface area contributed by atoms with Crippen LogP contribution in [0, 0.1) is 22.7 Å². The molecule has 2 aliphatic carbocycles. The Hall–Kier alpha value is -3.52. The molecule has 1 N–H and O–H groups in total. The van der Waals surface area contributed by atoms with Crippen molar-refractivity contribution in [2.45, 2.75) is 90.5 Å². The van der Waals surface area contributed by atoms with Gasteiger partial charge in [0.1, 0.15) is 6.04 Å². The number of benzene rings is 1. The zero-order chi connectivity index (χ0) is 30.6. The fourth-order valence-electron chi connectivity index (χ4n) is 6.33. The number of nitrogens with zero attached hydrogens (tertiary/aromatic N) is 3. The Morgan fingerprint density at radius 3 is 2.23 bits per heavy atom. The van der Waals surface area contributed by atoms with Crippen molar-refractivity contribution in [3.05, 3.63) is 80.7 Å². The molecule has 226 valence electrons. The lowest BCUT2D eigenvalue weighted by Crippen LogP contribution is -2.41. The van der Waals surface area contributed by atoms with E-state index in [9.17, 15) is 14.5 Å². The summed E-state index contributed by atoms with van der Waals surface area (Å²) in [7, 11) is 0. The van der Waals surface area contributed by atoms with E-state index >= 15 is 0 Å². The number of rotatable bonds is 8. The molecule has 0 bridgehead atoms. The van der Waals surface area contributed by atoms with Crippen LogP contribution in [0.5, 0.6) is 0 Å². The van der Waals surface area contributed by atoms with Gasteiger partial charge in [-0.05, 0) is 78.5 Å². The van der Waals surface area contributed by atoms with Crippen LogP contribution < -0.4 is 5.32 Å². The van der Waals surface area contributed by atoms with E-state index in [2.05, 4.69) is 54.2 Å². The van der Waals surface area contributed by atoms with Gasteiger partial charge < -0.3 is 5.32 Å². The zero-order valence-corrected chi connectivity index (χ0v) is 26.5. The minimum absolute atomic E-state index is 0.0847. The molecule has 1 unspecified atom stereocenters. The molecule has 3 aromatic rings. The van der Waals surface area contributed by atoms with Gasteiger partial charge in [-0.1, -0.05) is 70.9 Å². The Morgan fingerprint density at radius 1 is 0.953 bits per heavy atom. The highest BCUT2D eigenvalue weighted by Gasteiger charge is 2.28. The summed E-state index contributed by atoms with van der Waals surface area (Å²) in [5, 5.41) is 5.30. The fraction of sp³-hybridized carbons (Fsp3) is 0.486. The molecule has 0 radical (unpaired) electrons. The first-order chi connectivity index (χ1) is 20.6. The first kappa shape index (κ1) is 30.9. The molecule has 43 heavy (non-hydrogen) atoms. The van der Waals surface area contributed by atoms with Crippen molar-refractivity contribution in [3.8, 4) is 11.4 Å². The van der Waals surface area contributed by atoms with Crippen LogP contribution in [0.2, 0.25) is 0 Å². The lowest BCUT2D eigenvalue weighted by molar-refractivity contribution is -0.119. The minimum atomic E-state index is -1.04. The summed E-state index contributed by atoms with van der Waals surface area (Å²) in [6.45, 7) is 8.61. The van der Waals surface area contributed by atoms with Crippen LogP contribution in [0.3, 0.4) is 0 Å². The normalized spacial score (nSPS) is 21.5. The summed E-state index contributed by atoms with van der Waals surface area (Å²) < 4.78 is 0. The summed E-state index contributed by atoms with van der Waals surface area (Å²) in [5.41, 5.74) is 4.00. The molecule has 5 rings (SSSR count). The van der Waals surface area contributed by atoms with Gasteiger partial charge in [0.2, 0.25) is 0 Å². The monoisotopic (exact) mass is 598 g/mol. The number of hydrogen-bond acceptors (Lipinski definition) is 6. The molecule has 2 aromatic heterocycles. The molecule has 7 nitrogen and oxygen atoms in total. The molecular formula is C35H42N4O3S. The number of amides is 2. The zero-order valence-electron chi connectivity index (χ0n) is 25.6. The van der Waals surface area contributed by atoms with Gasteiger partial charge >= 0.3 is 5.91 Å². The van der Waals surface area contributed by atoms with Crippen LogP contribution >= 0.6 is 11.3 Å². The van der Waals surface area contributed by atoms with E-state index in [0.717, 1.165) is 52.2 Å². The maximum Gasteiger partial charge on any atom is 0.308 e. The smallest absolute Gasteiger partial charge is 0.308 e. The molecule has 0 saturated heterocycles. The summed E-state index contributed by atoms with van der Waals surface area (Å²) >= 11 is 1.38. The topological polar surface area (TPSA) is 101 Å². The van der Waals surface area contributed by atoms with Crippen molar-refractivity contribution in [1.82, 2.24) is 15.3 Å². The Labute approximate surface area is 258 Å². The highest BCUT2D eigenvalue weighted by atomic mass is 32.1. The Balaban J connectivity index is 1.19. The molecule has 2 amide bonds.